The van der Waals surface area contributed by atoms with Crippen LogP contribution in [0.2, 0.25) is 0 Å². The van der Waals surface area contributed by atoms with Crippen LogP contribution in [0.15, 0.2) is 24.3 Å². The van der Waals surface area contributed by atoms with E-state index < -0.39 is 0 Å². The smallest absolute Gasteiger partial charge is 0.252 e. The number of aryl methyl sites for hydroxylation is 2. The second-order valence-corrected chi connectivity index (χ2v) is 5.11. The largest absolute Gasteiger partial charge is 0.350 e. The SMILES string of the molecule is CC[C@@H](C)NC(=O)c1cc(C)nc2ccc(C)cc12. The number of nitrogens with zero attached hydrogens (tertiary/aromatic N) is 1. The molecule has 3 nitrogen and oxygen atoms in total. The lowest BCUT2D eigenvalue weighted by atomic mass is 10.0. The van der Waals surface area contributed by atoms with Crippen LogP contribution in [0.3, 0.4) is 0 Å². The highest BCUT2D eigenvalue weighted by molar-refractivity contribution is 6.06. The van der Waals surface area contributed by atoms with Gasteiger partial charge in [0.25, 0.3) is 5.91 Å². The normalized spacial score (nSPS) is 12.4. The number of carbonyl (C=O) groups excluding carboxylic acids is 1. The van der Waals surface area contributed by atoms with Crippen LogP contribution in [0, 0.1) is 13.8 Å². The summed E-state index contributed by atoms with van der Waals surface area (Å²) in [6, 6.07) is 8.05. The maximum atomic E-state index is 12.4. The molecule has 1 aromatic carbocycles. The van der Waals surface area contributed by atoms with Gasteiger partial charge in [-0.1, -0.05) is 18.6 Å². The fraction of sp³-hybridized carbons (Fsp3) is 0.375. The molecule has 0 spiro atoms. The third-order valence-corrected chi connectivity index (χ3v) is 3.33. The van der Waals surface area contributed by atoms with E-state index in [1.54, 1.807) is 0 Å². The molecule has 0 fully saturated rings. The minimum absolute atomic E-state index is 0.0181. The molecule has 0 radical (unpaired) electrons. The van der Waals surface area contributed by atoms with Gasteiger partial charge in [-0.3, -0.25) is 9.78 Å². The molecule has 1 heterocycles. The lowest BCUT2D eigenvalue weighted by Gasteiger charge is -2.13. The number of hydrogen-bond acceptors (Lipinski definition) is 2. The average Bonchev–Trinajstić information content (AvgIpc) is 2.38. The van der Waals surface area contributed by atoms with Gasteiger partial charge in [0.05, 0.1) is 11.1 Å². The molecular weight excluding hydrogens is 236 g/mol. The topological polar surface area (TPSA) is 42.0 Å². The first-order valence-corrected chi connectivity index (χ1v) is 6.70. The van der Waals surface area contributed by atoms with Crippen molar-refractivity contribution in [1.29, 1.82) is 0 Å². The molecule has 1 N–H and O–H groups in total. The molecule has 0 aliphatic carbocycles. The fourth-order valence-electron chi connectivity index (χ4n) is 2.06. The van der Waals surface area contributed by atoms with E-state index in [9.17, 15) is 4.79 Å². The Labute approximate surface area is 114 Å². The van der Waals surface area contributed by atoms with E-state index in [1.165, 1.54) is 0 Å². The Balaban J connectivity index is 2.52. The van der Waals surface area contributed by atoms with Gasteiger partial charge in [-0.2, -0.15) is 0 Å². The second kappa shape index (κ2) is 5.39. The first-order valence-electron chi connectivity index (χ1n) is 6.70. The zero-order valence-electron chi connectivity index (χ0n) is 11.9. The first-order chi connectivity index (χ1) is 9.01. The van der Waals surface area contributed by atoms with Gasteiger partial charge < -0.3 is 5.32 Å². The zero-order chi connectivity index (χ0) is 14.0. The van der Waals surface area contributed by atoms with Crippen molar-refractivity contribution >= 4 is 16.8 Å². The number of benzene rings is 1. The van der Waals surface area contributed by atoms with Crippen LogP contribution in [-0.4, -0.2) is 16.9 Å². The average molecular weight is 256 g/mol. The molecule has 0 saturated carbocycles. The third-order valence-electron chi connectivity index (χ3n) is 3.33. The molecule has 2 rings (SSSR count). The number of amides is 1. The quantitative estimate of drug-likeness (QED) is 0.914. The molecule has 19 heavy (non-hydrogen) atoms. The summed E-state index contributed by atoms with van der Waals surface area (Å²) >= 11 is 0. The van der Waals surface area contributed by atoms with Crippen molar-refractivity contribution in [2.75, 3.05) is 0 Å². The third kappa shape index (κ3) is 2.92. The summed E-state index contributed by atoms with van der Waals surface area (Å²) in [5.74, 6) is -0.0181. The summed E-state index contributed by atoms with van der Waals surface area (Å²) in [5.41, 5.74) is 3.59. The number of aromatic nitrogens is 1. The zero-order valence-corrected chi connectivity index (χ0v) is 11.9. The monoisotopic (exact) mass is 256 g/mol. The van der Waals surface area contributed by atoms with E-state index in [-0.39, 0.29) is 11.9 Å². The van der Waals surface area contributed by atoms with Gasteiger partial charge in [-0.05, 0) is 45.4 Å². The molecule has 0 saturated heterocycles. The Morgan fingerprint density at radius 1 is 1.32 bits per heavy atom. The Bertz CT molecular complexity index is 619. The highest BCUT2D eigenvalue weighted by Gasteiger charge is 2.13. The van der Waals surface area contributed by atoms with Crippen LogP contribution in [0.5, 0.6) is 0 Å². The van der Waals surface area contributed by atoms with Crippen LogP contribution in [-0.2, 0) is 0 Å². The van der Waals surface area contributed by atoms with E-state index in [0.29, 0.717) is 5.56 Å². The van der Waals surface area contributed by atoms with Crippen LogP contribution in [0.1, 0.15) is 41.9 Å². The molecule has 0 aliphatic heterocycles. The summed E-state index contributed by atoms with van der Waals surface area (Å²) in [6.45, 7) is 8.01. The highest BCUT2D eigenvalue weighted by Crippen LogP contribution is 2.20. The first kappa shape index (κ1) is 13.5. The molecule has 1 aromatic heterocycles. The molecule has 0 bridgehead atoms. The summed E-state index contributed by atoms with van der Waals surface area (Å²) in [4.78, 5) is 16.8. The highest BCUT2D eigenvalue weighted by atomic mass is 16.1. The van der Waals surface area contributed by atoms with Crippen molar-refractivity contribution in [2.24, 2.45) is 0 Å². The molecule has 0 unspecified atom stereocenters. The van der Waals surface area contributed by atoms with Crippen LogP contribution >= 0.6 is 0 Å². The standard InChI is InChI=1S/C16H20N2O/c1-5-11(3)18-16(19)14-9-12(4)17-15-7-6-10(2)8-13(14)15/h6-9,11H,5H2,1-4H3,(H,18,19)/t11-/m1/s1. The molecular formula is C16H20N2O. The lowest BCUT2D eigenvalue weighted by molar-refractivity contribution is 0.0941. The number of carbonyl (C=O) groups is 1. The van der Waals surface area contributed by atoms with E-state index in [4.69, 9.17) is 0 Å². The predicted molar refractivity (Wildman–Crippen MR) is 78.4 cm³/mol. The number of fused-ring (bicyclic) bond motifs is 1. The van der Waals surface area contributed by atoms with Gasteiger partial charge >= 0.3 is 0 Å². The minimum Gasteiger partial charge on any atom is -0.350 e. The van der Waals surface area contributed by atoms with Crippen LogP contribution in [0.4, 0.5) is 0 Å². The Kier molecular flexibility index (Phi) is 3.84. The molecule has 3 heteroatoms. The van der Waals surface area contributed by atoms with Gasteiger partial charge in [-0.15, -0.1) is 0 Å². The molecule has 1 atom stereocenters. The minimum atomic E-state index is -0.0181. The van der Waals surface area contributed by atoms with Crippen LogP contribution < -0.4 is 5.32 Å². The summed E-state index contributed by atoms with van der Waals surface area (Å²) in [5, 5.41) is 3.94. The van der Waals surface area contributed by atoms with Crippen molar-refractivity contribution in [3.8, 4) is 0 Å². The van der Waals surface area contributed by atoms with Crippen molar-refractivity contribution in [3.05, 3.63) is 41.1 Å². The van der Waals surface area contributed by atoms with Crippen LogP contribution in [0.25, 0.3) is 10.9 Å². The summed E-state index contributed by atoms with van der Waals surface area (Å²) < 4.78 is 0. The van der Waals surface area contributed by atoms with Crippen molar-refractivity contribution in [3.63, 3.8) is 0 Å². The van der Waals surface area contributed by atoms with Gasteiger partial charge in [0, 0.05) is 17.1 Å². The van der Waals surface area contributed by atoms with Gasteiger partial charge in [0.15, 0.2) is 0 Å². The van der Waals surface area contributed by atoms with Gasteiger partial charge in [0.1, 0.15) is 0 Å². The van der Waals surface area contributed by atoms with Gasteiger partial charge in [-0.25, -0.2) is 0 Å². The van der Waals surface area contributed by atoms with E-state index in [0.717, 1.165) is 28.6 Å². The van der Waals surface area contributed by atoms with Crippen molar-refractivity contribution in [1.82, 2.24) is 10.3 Å². The molecule has 2 aromatic rings. The Morgan fingerprint density at radius 3 is 2.74 bits per heavy atom. The molecule has 1 amide bonds. The number of hydrogen-bond donors (Lipinski definition) is 1. The maximum Gasteiger partial charge on any atom is 0.252 e. The summed E-state index contributed by atoms with van der Waals surface area (Å²) in [6.07, 6.45) is 0.923. The molecule has 100 valence electrons. The van der Waals surface area contributed by atoms with E-state index in [2.05, 4.69) is 17.2 Å². The Hall–Kier alpha value is -1.90. The van der Waals surface area contributed by atoms with E-state index in [1.807, 2.05) is 45.0 Å². The number of pyridine rings is 1. The maximum absolute atomic E-state index is 12.4. The second-order valence-electron chi connectivity index (χ2n) is 5.11. The number of rotatable bonds is 3. The molecule has 0 aliphatic rings. The van der Waals surface area contributed by atoms with Crippen molar-refractivity contribution < 1.29 is 4.79 Å². The number of nitrogens with one attached hydrogen (secondary N) is 1. The van der Waals surface area contributed by atoms with Crippen molar-refractivity contribution in [2.45, 2.75) is 40.2 Å². The Morgan fingerprint density at radius 2 is 2.05 bits per heavy atom. The van der Waals surface area contributed by atoms with Gasteiger partial charge in [0.2, 0.25) is 0 Å². The van der Waals surface area contributed by atoms with E-state index >= 15 is 0 Å². The fourth-order valence-corrected chi connectivity index (χ4v) is 2.06. The predicted octanol–water partition coefficient (Wildman–Crippen LogP) is 3.38. The summed E-state index contributed by atoms with van der Waals surface area (Å²) in [7, 11) is 0. The lowest BCUT2D eigenvalue weighted by Crippen LogP contribution is -2.32.